The van der Waals surface area contributed by atoms with E-state index in [1.54, 1.807) is 11.9 Å². The standard InChI is InChI=1S/C10H19N3O4/c1-12(5-8(14)7-17-2)6-9(15)13-4-3-11-10(13)16/h8,14H,3-7H2,1-2H3,(H,11,16). The number of nitrogens with one attached hydrogen (secondary N) is 1. The second-order valence-electron chi connectivity index (χ2n) is 4.08. The molecule has 0 aromatic carbocycles. The first-order valence-corrected chi connectivity index (χ1v) is 5.48. The molecule has 1 rings (SSSR count). The van der Waals surface area contributed by atoms with Gasteiger partial charge in [0.15, 0.2) is 0 Å². The minimum atomic E-state index is -0.634. The van der Waals surface area contributed by atoms with E-state index in [2.05, 4.69) is 5.32 Å². The summed E-state index contributed by atoms with van der Waals surface area (Å²) in [6.45, 7) is 1.57. The number of aliphatic hydroxyl groups excluding tert-OH is 1. The van der Waals surface area contributed by atoms with Crippen molar-refractivity contribution in [3.8, 4) is 0 Å². The Hall–Kier alpha value is -1.18. The number of nitrogens with zero attached hydrogens (tertiary/aromatic N) is 2. The summed E-state index contributed by atoms with van der Waals surface area (Å²) in [5.74, 6) is -0.257. The molecule has 1 aliphatic heterocycles. The molecule has 98 valence electrons. The van der Waals surface area contributed by atoms with Gasteiger partial charge in [0.05, 0.1) is 19.3 Å². The van der Waals surface area contributed by atoms with Crippen LogP contribution in [-0.2, 0) is 9.53 Å². The first-order chi connectivity index (χ1) is 8.04. The van der Waals surface area contributed by atoms with Gasteiger partial charge < -0.3 is 15.2 Å². The third-order valence-electron chi connectivity index (χ3n) is 2.44. The SMILES string of the molecule is COCC(O)CN(C)CC(=O)N1CCNC1=O. The molecule has 0 aromatic heterocycles. The fraction of sp³-hybridized carbons (Fsp3) is 0.800. The molecule has 1 heterocycles. The van der Waals surface area contributed by atoms with Crippen LogP contribution in [-0.4, -0.2) is 79.9 Å². The fourth-order valence-corrected chi connectivity index (χ4v) is 1.70. The van der Waals surface area contributed by atoms with Crippen molar-refractivity contribution >= 4 is 11.9 Å². The second kappa shape index (κ2) is 6.53. The number of amides is 3. The van der Waals surface area contributed by atoms with Gasteiger partial charge in [-0.25, -0.2) is 4.79 Å². The summed E-state index contributed by atoms with van der Waals surface area (Å²) in [6.07, 6.45) is -0.634. The van der Waals surface area contributed by atoms with Crippen LogP contribution in [0.2, 0.25) is 0 Å². The lowest BCUT2D eigenvalue weighted by atomic mass is 10.3. The Kier molecular flexibility index (Phi) is 5.33. The Labute approximate surface area is 100 Å². The highest BCUT2D eigenvalue weighted by atomic mass is 16.5. The Morgan fingerprint density at radius 3 is 2.94 bits per heavy atom. The molecule has 17 heavy (non-hydrogen) atoms. The number of ether oxygens (including phenoxy) is 1. The molecule has 3 amide bonds. The molecule has 0 radical (unpaired) electrons. The largest absolute Gasteiger partial charge is 0.389 e. The maximum absolute atomic E-state index is 11.7. The molecule has 0 aliphatic carbocycles. The molecule has 0 saturated carbocycles. The van der Waals surface area contributed by atoms with Gasteiger partial charge in [-0.2, -0.15) is 0 Å². The highest BCUT2D eigenvalue weighted by molar-refractivity contribution is 5.96. The van der Waals surface area contributed by atoms with E-state index in [9.17, 15) is 14.7 Å². The van der Waals surface area contributed by atoms with Crippen molar-refractivity contribution in [2.75, 3.05) is 46.9 Å². The topological polar surface area (TPSA) is 82.1 Å². The second-order valence-corrected chi connectivity index (χ2v) is 4.08. The minimum absolute atomic E-state index is 0.105. The van der Waals surface area contributed by atoms with Crippen LogP contribution in [0.4, 0.5) is 4.79 Å². The number of likely N-dealkylation sites (N-methyl/N-ethyl adjacent to an activating group) is 1. The molecule has 2 N–H and O–H groups in total. The number of carbonyl (C=O) groups excluding carboxylic acids is 2. The van der Waals surface area contributed by atoms with Gasteiger partial charge in [0, 0.05) is 26.7 Å². The first kappa shape index (κ1) is 13.9. The molecule has 1 aliphatic rings. The number of urea groups is 1. The highest BCUT2D eigenvalue weighted by Gasteiger charge is 2.26. The van der Waals surface area contributed by atoms with Gasteiger partial charge in [-0.05, 0) is 7.05 Å². The number of hydrogen-bond acceptors (Lipinski definition) is 5. The van der Waals surface area contributed by atoms with E-state index < -0.39 is 6.10 Å². The minimum Gasteiger partial charge on any atom is -0.389 e. The Bertz CT molecular complexity index is 285. The zero-order chi connectivity index (χ0) is 12.8. The van der Waals surface area contributed by atoms with Crippen LogP contribution in [0, 0.1) is 0 Å². The molecule has 1 atom stereocenters. The van der Waals surface area contributed by atoms with E-state index in [1.807, 2.05) is 0 Å². The lowest BCUT2D eigenvalue weighted by molar-refractivity contribution is -0.128. The summed E-state index contributed by atoms with van der Waals surface area (Å²) in [6, 6.07) is -0.346. The van der Waals surface area contributed by atoms with Crippen LogP contribution < -0.4 is 5.32 Å². The Morgan fingerprint density at radius 2 is 2.41 bits per heavy atom. The number of hydrogen-bond donors (Lipinski definition) is 2. The summed E-state index contributed by atoms with van der Waals surface area (Å²) in [7, 11) is 3.22. The Balaban J connectivity index is 2.32. The van der Waals surface area contributed by atoms with Crippen molar-refractivity contribution in [3.05, 3.63) is 0 Å². The van der Waals surface area contributed by atoms with Crippen molar-refractivity contribution in [2.24, 2.45) is 0 Å². The third kappa shape index (κ3) is 4.29. The maximum atomic E-state index is 11.7. The predicted octanol–water partition coefficient (Wildman–Crippen LogP) is -1.52. The predicted molar refractivity (Wildman–Crippen MR) is 60.5 cm³/mol. The van der Waals surface area contributed by atoms with Crippen molar-refractivity contribution < 1.29 is 19.4 Å². The van der Waals surface area contributed by atoms with Gasteiger partial charge in [0.2, 0.25) is 5.91 Å². The van der Waals surface area contributed by atoms with Crippen LogP contribution in [0.15, 0.2) is 0 Å². The quantitative estimate of drug-likeness (QED) is 0.594. The first-order valence-electron chi connectivity index (χ1n) is 5.48. The molecular weight excluding hydrogens is 226 g/mol. The van der Waals surface area contributed by atoms with Crippen molar-refractivity contribution in [1.29, 1.82) is 0 Å². The average Bonchev–Trinajstić information content (AvgIpc) is 2.64. The average molecular weight is 245 g/mol. The van der Waals surface area contributed by atoms with Gasteiger partial charge in [0.1, 0.15) is 0 Å². The van der Waals surface area contributed by atoms with Gasteiger partial charge in [-0.1, -0.05) is 0 Å². The van der Waals surface area contributed by atoms with Crippen LogP contribution >= 0.6 is 0 Å². The van der Waals surface area contributed by atoms with Crippen molar-refractivity contribution in [1.82, 2.24) is 15.1 Å². The Morgan fingerprint density at radius 1 is 1.71 bits per heavy atom. The zero-order valence-corrected chi connectivity index (χ0v) is 10.2. The molecular formula is C10H19N3O4. The number of rotatable bonds is 6. The number of aliphatic hydroxyl groups is 1. The molecule has 1 fully saturated rings. The molecule has 1 unspecified atom stereocenters. The maximum Gasteiger partial charge on any atom is 0.324 e. The van der Waals surface area contributed by atoms with Gasteiger partial charge in [0.25, 0.3) is 0 Å². The zero-order valence-electron chi connectivity index (χ0n) is 10.2. The number of carbonyl (C=O) groups is 2. The summed E-state index contributed by atoms with van der Waals surface area (Å²) in [5.41, 5.74) is 0. The van der Waals surface area contributed by atoms with E-state index in [-0.39, 0.29) is 25.1 Å². The van der Waals surface area contributed by atoms with Crippen molar-refractivity contribution in [3.63, 3.8) is 0 Å². The van der Waals surface area contributed by atoms with E-state index in [4.69, 9.17) is 4.74 Å². The fourth-order valence-electron chi connectivity index (χ4n) is 1.70. The van der Waals surface area contributed by atoms with E-state index >= 15 is 0 Å². The summed E-state index contributed by atoms with van der Waals surface area (Å²) < 4.78 is 4.79. The number of methoxy groups -OCH3 is 1. The molecule has 7 heteroatoms. The van der Waals surface area contributed by atoms with Crippen LogP contribution in [0.3, 0.4) is 0 Å². The summed E-state index contributed by atoms with van der Waals surface area (Å²) in [5, 5.41) is 12.0. The third-order valence-corrected chi connectivity index (χ3v) is 2.44. The monoisotopic (exact) mass is 245 g/mol. The normalized spacial score (nSPS) is 17.4. The molecule has 0 spiro atoms. The van der Waals surface area contributed by atoms with Crippen LogP contribution in [0.1, 0.15) is 0 Å². The molecule has 0 aromatic rings. The van der Waals surface area contributed by atoms with Gasteiger partial charge in [-0.3, -0.25) is 14.6 Å². The highest BCUT2D eigenvalue weighted by Crippen LogP contribution is 1.99. The van der Waals surface area contributed by atoms with Crippen LogP contribution in [0.25, 0.3) is 0 Å². The summed E-state index contributed by atoms with van der Waals surface area (Å²) in [4.78, 5) is 25.8. The smallest absolute Gasteiger partial charge is 0.324 e. The lowest BCUT2D eigenvalue weighted by Crippen LogP contribution is -2.43. The number of imide groups is 1. The summed E-state index contributed by atoms with van der Waals surface area (Å²) >= 11 is 0. The van der Waals surface area contributed by atoms with E-state index in [0.717, 1.165) is 0 Å². The molecule has 1 saturated heterocycles. The van der Waals surface area contributed by atoms with Gasteiger partial charge in [-0.15, -0.1) is 0 Å². The molecule has 0 bridgehead atoms. The molecule has 7 nitrogen and oxygen atoms in total. The van der Waals surface area contributed by atoms with Crippen LogP contribution in [0.5, 0.6) is 0 Å². The lowest BCUT2D eigenvalue weighted by Gasteiger charge is -2.21. The van der Waals surface area contributed by atoms with Crippen molar-refractivity contribution in [2.45, 2.75) is 6.10 Å². The van der Waals surface area contributed by atoms with Gasteiger partial charge >= 0.3 is 6.03 Å². The van der Waals surface area contributed by atoms with E-state index in [0.29, 0.717) is 19.6 Å². The van der Waals surface area contributed by atoms with E-state index in [1.165, 1.54) is 12.0 Å².